The van der Waals surface area contributed by atoms with Gasteiger partial charge < -0.3 is 10.3 Å². The Kier molecular flexibility index (Phi) is 2.47. The van der Waals surface area contributed by atoms with E-state index >= 15 is 0 Å². The summed E-state index contributed by atoms with van der Waals surface area (Å²) in [5.41, 5.74) is 6.14. The molecule has 0 unspecified atom stereocenters. The van der Waals surface area contributed by atoms with E-state index in [1.165, 1.54) is 0 Å². The van der Waals surface area contributed by atoms with Crippen molar-refractivity contribution in [2.75, 3.05) is 0 Å². The second-order valence-electron chi connectivity index (χ2n) is 4.25. The van der Waals surface area contributed by atoms with Crippen molar-refractivity contribution in [2.45, 2.75) is 32.9 Å². The summed E-state index contributed by atoms with van der Waals surface area (Å²) in [6, 6.07) is 0. The fourth-order valence-electron chi connectivity index (χ4n) is 1.22. The fourth-order valence-corrected chi connectivity index (χ4v) is 1.22. The normalized spacial score (nSPS) is 12.0. The summed E-state index contributed by atoms with van der Waals surface area (Å²) in [6.45, 7) is 5.92. The molecule has 0 spiro atoms. The summed E-state index contributed by atoms with van der Waals surface area (Å²) < 4.78 is 6.50. The molecule has 2 heterocycles. The Hall–Kier alpha value is -1.76. The molecule has 2 rings (SSSR count). The van der Waals surface area contributed by atoms with Crippen molar-refractivity contribution >= 4 is 0 Å². The van der Waals surface area contributed by atoms with Gasteiger partial charge in [0.1, 0.15) is 12.2 Å². The fraction of sp³-hybridized carbons (Fsp3) is 0.556. The molecule has 2 N–H and O–H groups in total. The van der Waals surface area contributed by atoms with Gasteiger partial charge in [-0.25, -0.2) is 4.68 Å². The van der Waals surface area contributed by atoms with Gasteiger partial charge in [-0.1, -0.05) is 10.4 Å². The van der Waals surface area contributed by atoms with E-state index in [2.05, 4.69) is 20.5 Å². The number of aromatic nitrogens is 5. The van der Waals surface area contributed by atoms with Gasteiger partial charge in [0.05, 0.1) is 11.7 Å². The topological polar surface area (TPSA) is 95.7 Å². The molecular weight excluding hydrogens is 208 g/mol. The quantitative estimate of drug-likeness (QED) is 0.797. The van der Waals surface area contributed by atoms with Crippen molar-refractivity contribution in [3.05, 3.63) is 23.6 Å². The van der Waals surface area contributed by atoms with Gasteiger partial charge in [0.2, 0.25) is 5.89 Å². The number of hydrogen-bond acceptors (Lipinski definition) is 6. The van der Waals surface area contributed by atoms with Crippen LogP contribution in [-0.4, -0.2) is 25.1 Å². The van der Waals surface area contributed by atoms with Crippen LogP contribution in [0.5, 0.6) is 0 Å². The summed E-state index contributed by atoms with van der Waals surface area (Å²) in [4.78, 5) is 4.08. The molecule has 0 radical (unpaired) electrons. The van der Waals surface area contributed by atoms with Gasteiger partial charge in [-0.2, -0.15) is 4.98 Å². The van der Waals surface area contributed by atoms with Crippen LogP contribution < -0.4 is 5.73 Å². The highest BCUT2D eigenvalue weighted by molar-refractivity contribution is 5.06. The molecule has 0 aliphatic rings. The largest absolute Gasteiger partial charge is 0.340 e. The highest BCUT2D eigenvalue weighted by Crippen LogP contribution is 2.12. The number of aryl methyl sites for hydroxylation is 1. The third-order valence-corrected chi connectivity index (χ3v) is 2.07. The van der Waals surface area contributed by atoms with Gasteiger partial charge in [-0.05, 0) is 13.8 Å². The second kappa shape index (κ2) is 3.67. The lowest BCUT2D eigenvalue weighted by molar-refractivity contribution is 0.385. The van der Waals surface area contributed by atoms with Crippen LogP contribution >= 0.6 is 0 Å². The van der Waals surface area contributed by atoms with Gasteiger partial charge in [0.25, 0.3) is 0 Å². The number of nitrogens with two attached hydrogens (primary N) is 1. The molecule has 16 heavy (non-hydrogen) atoms. The predicted octanol–water partition coefficient (Wildman–Crippen LogP) is 0.212. The molecule has 0 aliphatic heterocycles. The zero-order valence-corrected chi connectivity index (χ0v) is 9.51. The number of hydrogen-bond donors (Lipinski definition) is 1. The summed E-state index contributed by atoms with van der Waals surface area (Å²) in [5, 5.41) is 11.7. The lowest BCUT2D eigenvalue weighted by atomic mass is 10.0. The average Bonchev–Trinajstić information content (AvgIpc) is 2.74. The minimum atomic E-state index is -0.495. The van der Waals surface area contributed by atoms with E-state index in [4.69, 9.17) is 10.3 Å². The van der Waals surface area contributed by atoms with Gasteiger partial charge in [-0.3, -0.25) is 0 Å². The third-order valence-electron chi connectivity index (χ3n) is 2.07. The first-order chi connectivity index (χ1) is 7.45. The Labute approximate surface area is 92.6 Å². The van der Waals surface area contributed by atoms with Gasteiger partial charge >= 0.3 is 0 Å². The van der Waals surface area contributed by atoms with Crippen LogP contribution in [-0.2, 0) is 12.1 Å². The monoisotopic (exact) mass is 222 g/mol. The SMILES string of the molecule is Cc1nc(Cn2cc(C(C)(C)N)nn2)no1. The van der Waals surface area contributed by atoms with Crippen molar-refractivity contribution in [3.63, 3.8) is 0 Å². The highest BCUT2D eigenvalue weighted by atomic mass is 16.5. The molecule has 0 aromatic carbocycles. The smallest absolute Gasteiger partial charge is 0.223 e. The van der Waals surface area contributed by atoms with Crippen LogP contribution in [0.15, 0.2) is 10.7 Å². The molecule has 0 saturated heterocycles. The van der Waals surface area contributed by atoms with Crippen molar-refractivity contribution in [2.24, 2.45) is 5.73 Å². The summed E-state index contributed by atoms with van der Waals surface area (Å²) in [7, 11) is 0. The Balaban J connectivity index is 2.14. The number of rotatable bonds is 3. The maximum Gasteiger partial charge on any atom is 0.223 e. The Bertz CT molecular complexity index is 480. The zero-order valence-electron chi connectivity index (χ0n) is 9.51. The maximum atomic E-state index is 5.90. The van der Waals surface area contributed by atoms with E-state index in [0.717, 1.165) is 5.69 Å². The van der Waals surface area contributed by atoms with Crippen LogP contribution in [0.3, 0.4) is 0 Å². The van der Waals surface area contributed by atoms with Crippen LogP contribution in [0.4, 0.5) is 0 Å². The predicted molar refractivity (Wildman–Crippen MR) is 55.4 cm³/mol. The molecule has 0 bridgehead atoms. The molecule has 2 aromatic heterocycles. The second-order valence-corrected chi connectivity index (χ2v) is 4.25. The van der Waals surface area contributed by atoms with E-state index in [-0.39, 0.29) is 0 Å². The first-order valence-corrected chi connectivity index (χ1v) is 4.94. The van der Waals surface area contributed by atoms with Gasteiger partial charge in [0.15, 0.2) is 5.82 Å². The molecular formula is C9H14N6O. The average molecular weight is 222 g/mol. The zero-order chi connectivity index (χ0) is 11.8. The summed E-state index contributed by atoms with van der Waals surface area (Å²) in [6.07, 6.45) is 1.78. The lowest BCUT2D eigenvalue weighted by Crippen LogP contribution is -2.29. The van der Waals surface area contributed by atoms with Crippen molar-refractivity contribution in [1.82, 2.24) is 25.1 Å². The van der Waals surface area contributed by atoms with E-state index in [1.54, 1.807) is 17.8 Å². The highest BCUT2D eigenvalue weighted by Gasteiger charge is 2.18. The van der Waals surface area contributed by atoms with Gasteiger partial charge in [-0.15, -0.1) is 5.10 Å². The third kappa shape index (κ3) is 2.25. The molecule has 0 aliphatic carbocycles. The number of nitrogens with zero attached hydrogens (tertiary/aromatic N) is 5. The Morgan fingerprint density at radius 2 is 2.25 bits per heavy atom. The molecule has 86 valence electrons. The molecule has 0 amide bonds. The molecule has 7 nitrogen and oxygen atoms in total. The van der Waals surface area contributed by atoms with Crippen LogP contribution in [0.1, 0.15) is 31.3 Å². The summed E-state index contributed by atoms with van der Waals surface area (Å²) >= 11 is 0. The first kappa shape index (κ1) is 10.7. The van der Waals surface area contributed by atoms with Crippen LogP contribution in [0.2, 0.25) is 0 Å². The van der Waals surface area contributed by atoms with Crippen LogP contribution in [0.25, 0.3) is 0 Å². The first-order valence-electron chi connectivity index (χ1n) is 4.94. The van der Waals surface area contributed by atoms with Crippen molar-refractivity contribution < 1.29 is 4.52 Å². The Morgan fingerprint density at radius 1 is 1.50 bits per heavy atom. The maximum absolute atomic E-state index is 5.90. The van der Waals surface area contributed by atoms with Crippen LogP contribution in [0, 0.1) is 6.92 Å². The van der Waals surface area contributed by atoms with E-state index < -0.39 is 5.54 Å². The standard InChI is InChI=1S/C9H14N6O/c1-6-11-8(13-16-6)5-15-4-7(12-14-15)9(2,3)10/h4H,5,10H2,1-3H3. The molecule has 0 saturated carbocycles. The van der Waals surface area contributed by atoms with E-state index in [0.29, 0.717) is 18.3 Å². The van der Waals surface area contributed by atoms with Crippen molar-refractivity contribution in [1.29, 1.82) is 0 Å². The van der Waals surface area contributed by atoms with E-state index in [9.17, 15) is 0 Å². The van der Waals surface area contributed by atoms with Gasteiger partial charge in [0, 0.05) is 6.92 Å². The molecule has 2 aromatic rings. The van der Waals surface area contributed by atoms with Crippen molar-refractivity contribution in [3.8, 4) is 0 Å². The minimum Gasteiger partial charge on any atom is -0.340 e. The Morgan fingerprint density at radius 3 is 2.75 bits per heavy atom. The summed E-state index contributed by atoms with van der Waals surface area (Å²) in [5.74, 6) is 1.11. The molecule has 0 atom stereocenters. The molecule has 0 fully saturated rings. The van der Waals surface area contributed by atoms with E-state index in [1.807, 2.05) is 13.8 Å². The lowest BCUT2D eigenvalue weighted by Gasteiger charge is -2.13. The molecule has 7 heteroatoms. The minimum absolute atomic E-state index is 0.431.